The minimum Gasteiger partial charge on any atom is -0.463 e. The van der Waals surface area contributed by atoms with E-state index in [1.165, 1.54) is 12.3 Å². The van der Waals surface area contributed by atoms with Crippen LogP contribution in [0, 0.1) is 6.92 Å². The first-order valence-electron chi connectivity index (χ1n) is 4.99. The van der Waals surface area contributed by atoms with Crippen LogP contribution < -0.4 is 10.5 Å². The zero-order valence-corrected chi connectivity index (χ0v) is 9.40. The number of ether oxygens (including phenoxy) is 2. The molecule has 0 heterocycles. The monoisotopic (exact) mass is 221 g/mol. The highest BCUT2D eigenvalue weighted by Gasteiger charge is 1.99. The molecule has 0 aliphatic rings. The van der Waals surface area contributed by atoms with E-state index in [-0.39, 0.29) is 0 Å². The van der Waals surface area contributed by atoms with Gasteiger partial charge in [0.1, 0.15) is 5.75 Å². The van der Waals surface area contributed by atoms with Crippen molar-refractivity contribution in [3.05, 3.63) is 36.1 Å². The van der Waals surface area contributed by atoms with Crippen molar-refractivity contribution in [3.63, 3.8) is 0 Å². The lowest BCUT2D eigenvalue weighted by molar-refractivity contribution is -0.137. The Hall–Kier alpha value is -1.97. The second kappa shape index (κ2) is 5.80. The molecule has 0 fully saturated rings. The van der Waals surface area contributed by atoms with E-state index >= 15 is 0 Å². The molecule has 0 unspecified atom stereocenters. The van der Waals surface area contributed by atoms with Crippen molar-refractivity contribution in [3.8, 4) is 5.75 Å². The normalized spacial score (nSPS) is 10.4. The third kappa shape index (κ3) is 3.65. The Morgan fingerprint density at radius 2 is 2.25 bits per heavy atom. The maximum Gasteiger partial charge on any atom is 0.333 e. The summed E-state index contributed by atoms with van der Waals surface area (Å²) in [6.45, 7) is 4.02. The molecule has 0 aliphatic heterocycles. The number of nitrogens with two attached hydrogens (primary N) is 1. The van der Waals surface area contributed by atoms with Crippen LogP contribution in [0.2, 0.25) is 0 Å². The second-order valence-electron chi connectivity index (χ2n) is 3.21. The van der Waals surface area contributed by atoms with Crippen LogP contribution in [0.25, 0.3) is 0 Å². The van der Waals surface area contributed by atoms with Crippen molar-refractivity contribution in [2.24, 2.45) is 0 Å². The molecule has 86 valence electrons. The lowest BCUT2D eigenvalue weighted by Crippen LogP contribution is -2.00. The number of nitrogen functional groups attached to an aromatic ring is 1. The van der Waals surface area contributed by atoms with Crippen LogP contribution in [0.1, 0.15) is 12.5 Å². The molecule has 16 heavy (non-hydrogen) atoms. The van der Waals surface area contributed by atoms with E-state index in [2.05, 4.69) is 0 Å². The van der Waals surface area contributed by atoms with Crippen LogP contribution in [0.15, 0.2) is 30.5 Å². The van der Waals surface area contributed by atoms with Crippen LogP contribution >= 0.6 is 0 Å². The minimum absolute atomic E-state index is 0.343. The molecule has 0 atom stereocenters. The molecule has 0 aromatic heterocycles. The van der Waals surface area contributed by atoms with Gasteiger partial charge in [-0.05, 0) is 31.5 Å². The van der Waals surface area contributed by atoms with Crippen molar-refractivity contribution in [1.29, 1.82) is 0 Å². The van der Waals surface area contributed by atoms with Crippen LogP contribution in [0.3, 0.4) is 0 Å². The molecule has 0 saturated heterocycles. The Bertz CT molecular complexity index is 399. The number of aryl methyl sites for hydroxylation is 1. The van der Waals surface area contributed by atoms with Gasteiger partial charge in [0.15, 0.2) is 0 Å². The van der Waals surface area contributed by atoms with Crippen molar-refractivity contribution >= 4 is 11.7 Å². The molecule has 0 amide bonds. The minimum atomic E-state index is -0.437. The highest BCUT2D eigenvalue weighted by Crippen LogP contribution is 2.22. The SMILES string of the molecule is CCOC(=O)C=COc1ccc(C)cc1N. The Kier molecular flexibility index (Phi) is 4.39. The van der Waals surface area contributed by atoms with Gasteiger partial charge in [0.05, 0.1) is 24.6 Å². The van der Waals surface area contributed by atoms with Gasteiger partial charge < -0.3 is 15.2 Å². The van der Waals surface area contributed by atoms with Gasteiger partial charge >= 0.3 is 5.97 Å². The molecule has 0 radical (unpaired) electrons. The molecule has 1 rings (SSSR count). The zero-order valence-electron chi connectivity index (χ0n) is 9.40. The summed E-state index contributed by atoms with van der Waals surface area (Å²) in [5.41, 5.74) is 7.31. The van der Waals surface area contributed by atoms with Crippen molar-refractivity contribution in [1.82, 2.24) is 0 Å². The summed E-state index contributed by atoms with van der Waals surface area (Å²) >= 11 is 0. The first-order valence-corrected chi connectivity index (χ1v) is 4.99. The molecule has 2 N–H and O–H groups in total. The fourth-order valence-corrected chi connectivity index (χ4v) is 1.13. The number of benzene rings is 1. The molecule has 0 saturated carbocycles. The van der Waals surface area contributed by atoms with Gasteiger partial charge in [-0.2, -0.15) is 0 Å². The van der Waals surface area contributed by atoms with Gasteiger partial charge in [0, 0.05) is 0 Å². The molecule has 0 spiro atoms. The second-order valence-corrected chi connectivity index (χ2v) is 3.21. The molecular formula is C12H15NO3. The first kappa shape index (κ1) is 12.1. The van der Waals surface area contributed by atoms with E-state index in [0.717, 1.165) is 5.56 Å². The average molecular weight is 221 g/mol. The van der Waals surface area contributed by atoms with Crippen molar-refractivity contribution in [2.75, 3.05) is 12.3 Å². The van der Waals surface area contributed by atoms with Gasteiger partial charge in [-0.15, -0.1) is 0 Å². The molecule has 1 aromatic rings. The highest BCUT2D eigenvalue weighted by atomic mass is 16.5. The lowest BCUT2D eigenvalue weighted by atomic mass is 10.2. The lowest BCUT2D eigenvalue weighted by Gasteiger charge is -2.04. The third-order valence-electron chi connectivity index (χ3n) is 1.85. The van der Waals surface area contributed by atoms with Gasteiger partial charge in [-0.3, -0.25) is 0 Å². The Morgan fingerprint density at radius 3 is 2.88 bits per heavy atom. The molecule has 1 aromatic carbocycles. The zero-order chi connectivity index (χ0) is 12.0. The van der Waals surface area contributed by atoms with Gasteiger partial charge in [0.2, 0.25) is 0 Å². The molecule has 0 bridgehead atoms. The smallest absolute Gasteiger partial charge is 0.333 e. The van der Waals surface area contributed by atoms with E-state index in [4.69, 9.17) is 15.2 Å². The van der Waals surface area contributed by atoms with E-state index < -0.39 is 5.97 Å². The fourth-order valence-electron chi connectivity index (χ4n) is 1.13. The van der Waals surface area contributed by atoms with Gasteiger partial charge in [0.25, 0.3) is 0 Å². The third-order valence-corrected chi connectivity index (χ3v) is 1.85. The summed E-state index contributed by atoms with van der Waals surface area (Å²) in [6, 6.07) is 5.43. The molecule has 4 nitrogen and oxygen atoms in total. The first-order chi connectivity index (χ1) is 7.63. The average Bonchev–Trinajstić information content (AvgIpc) is 2.22. The number of carbonyl (C=O) groups is 1. The van der Waals surface area contributed by atoms with E-state index in [0.29, 0.717) is 18.0 Å². The molecule has 4 heteroatoms. The number of hydrogen-bond donors (Lipinski definition) is 1. The van der Waals surface area contributed by atoms with E-state index in [1.807, 2.05) is 13.0 Å². The number of anilines is 1. The topological polar surface area (TPSA) is 61.5 Å². The van der Waals surface area contributed by atoms with E-state index in [1.54, 1.807) is 19.1 Å². The van der Waals surface area contributed by atoms with Crippen LogP contribution in [-0.4, -0.2) is 12.6 Å². The number of esters is 1. The number of carbonyl (C=O) groups excluding carboxylic acids is 1. The van der Waals surface area contributed by atoms with Crippen LogP contribution in [0.5, 0.6) is 5.75 Å². The Balaban J connectivity index is 2.57. The highest BCUT2D eigenvalue weighted by molar-refractivity contribution is 5.81. The number of hydrogen-bond acceptors (Lipinski definition) is 4. The molecule has 0 aliphatic carbocycles. The van der Waals surface area contributed by atoms with E-state index in [9.17, 15) is 4.79 Å². The summed E-state index contributed by atoms with van der Waals surface area (Å²) in [5, 5.41) is 0. The summed E-state index contributed by atoms with van der Waals surface area (Å²) in [6.07, 6.45) is 2.47. The molecular weight excluding hydrogens is 206 g/mol. The van der Waals surface area contributed by atoms with Gasteiger partial charge in [-0.25, -0.2) is 4.79 Å². The maximum atomic E-state index is 11.0. The summed E-state index contributed by atoms with van der Waals surface area (Å²) in [4.78, 5) is 11.0. The van der Waals surface area contributed by atoms with Crippen LogP contribution in [0.4, 0.5) is 5.69 Å². The predicted molar refractivity (Wildman–Crippen MR) is 62.0 cm³/mol. The summed E-state index contributed by atoms with van der Waals surface area (Å²) < 4.78 is 9.89. The quantitative estimate of drug-likeness (QED) is 0.366. The Labute approximate surface area is 94.7 Å². The van der Waals surface area contributed by atoms with Crippen molar-refractivity contribution in [2.45, 2.75) is 13.8 Å². The number of rotatable bonds is 4. The van der Waals surface area contributed by atoms with Crippen molar-refractivity contribution < 1.29 is 14.3 Å². The van der Waals surface area contributed by atoms with Crippen LogP contribution in [-0.2, 0) is 9.53 Å². The standard InChI is InChI=1S/C12H15NO3/c1-3-15-12(14)6-7-16-11-5-4-9(2)8-10(11)13/h4-8H,3,13H2,1-2H3. The largest absolute Gasteiger partial charge is 0.463 e. The fraction of sp³-hybridized carbons (Fsp3) is 0.250. The Morgan fingerprint density at radius 1 is 1.50 bits per heavy atom. The maximum absolute atomic E-state index is 11.0. The predicted octanol–water partition coefficient (Wildman–Crippen LogP) is 2.03. The summed E-state index contributed by atoms with van der Waals surface area (Å²) in [7, 11) is 0. The summed E-state index contributed by atoms with van der Waals surface area (Å²) in [5.74, 6) is 0.0827. The van der Waals surface area contributed by atoms with Gasteiger partial charge in [-0.1, -0.05) is 6.07 Å².